The molecule has 214 valence electrons. The predicted molar refractivity (Wildman–Crippen MR) is 164 cm³/mol. The first kappa shape index (κ1) is 26.6. The van der Waals surface area contributed by atoms with E-state index in [1.165, 1.54) is 0 Å². The van der Waals surface area contributed by atoms with Gasteiger partial charge in [-0.1, -0.05) is 83.1 Å². The summed E-state index contributed by atoms with van der Waals surface area (Å²) in [5.41, 5.74) is 6.59. The van der Waals surface area contributed by atoms with Crippen LogP contribution in [0.4, 0.5) is 11.6 Å². The van der Waals surface area contributed by atoms with Crippen molar-refractivity contribution in [3.8, 4) is 0 Å². The maximum absolute atomic E-state index is 13.6. The van der Waals surface area contributed by atoms with Gasteiger partial charge in [-0.3, -0.25) is 12.7 Å². The van der Waals surface area contributed by atoms with E-state index >= 15 is 0 Å². The van der Waals surface area contributed by atoms with Crippen LogP contribution in [0.15, 0.2) is 49.8 Å². The van der Waals surface area contributed by atoms with Crippen molar-refractivity contribution in [3.05, 3.63) is 68.4 Å². The number of nitrogens with zero attached hydrogens (tertiary/aromatic N) is 7. The molecular weight excluding hydrogens is 526 g/mol. The van der Waals surface area contributed by atoms with Gasteiger partial charge in [0, 0.05) is 16.7 Å². The molecule has 3 aromatic heterocycles. The number of fused-ring (bicyclic) bond motifs is 1. The van der Waals surface area contributed by atoms with Crippen molar-refractivity contribution in [2.75, 3.05) is 0 Å². The zero-order valence-corrected chi connectivity index (χ0v) is 27.4. The third-order valence-corrected chi connectivity index (χ3v) is 11.8. The molecule has 0 saturated carbocycles. The third-order valence-electron chi connectivity index (χ3n) is 8.68. The van der Waals surface area contributed by atoms with E-state index in [-0.39, 0.29) is 21.7 Å². The van der Waals surface area contributed by atoms with Crippen LogP contribution in [0.3, 0.4) is 0 Å². The van der Waals surface area contributed by atoms with Crippen molar-refractivity contribution in [1.82, 2.24) is 12.7 Å². The van der Waals surface area contributed by atoms with E-state index in [4.69, 9.17) is 20.0 Å². The standard InChI is InChI=1S/C32H41N7OSi/c1-29(2,3)17-14-23-35-27-20(32(10,11)12)16-24-36-28-19(31(7,8)9)15-22-34-26-18(30(4,5)6)13-21(33-26)25(17)37(23)41(40,38(22)28)39(24)27/h13-16,40H,1-12H3. The molecule has 0 aliphatic carbocycles. The lowest BCUT2D eigenvalue weighted by molar-refractivity contribution is 0.450. The Hall–Kier alpha value is -3.30. The lowest BCUT2D eigenvalue weighted by Crippen LogP contribution is -2.72. The van der Waals surface area contributed by atoms with Gasteiger partial charge in [0.15, 0.2) is 5.84 Å². The van der Waals surface area contributed by atoms with E-state index in [2.05, 4.69) is 116 Å². The lowest BCUT2D eigenvalue weighted by atomic mass is 9.85. The summed E-state index contributed by atoms with van der Waals surface area (Å²) >= 11 is 0. The molecule has 9 heteroatoms. The molecule has 1 N–H and O–H groups in total. The van der Waals surface area contributed by atoms with E-state index in [9.17, 15) is 4.80 Å². The summed E-state index contributed by atoms with van der Waals surface area (Å²) in [7, 11) is -3.86. The summed E-state index contributed by atoms with van der Waals surface area (Å²) in [4.78, 5) is 34.6. The van der Waals surface area contributed by atoms with Crippen molar-refractivity contribution in [1.29, 1.82) is 0 Å². The second kappa shape index (κ2) is 7.36. The summed E-state index contributed by atoms with van der Waals surface area (Å²) in [6.45, 7) is 26.4. The molecule has 4 aliphatic heterocycles. The van der Waals surface area contributed by atoms with Crippen LogP contribution >= 0.6 is 0 Å². The fraction of sp³-hybridized carbons (Fsp3) is 0.500. The molecule has 3 aromatic rings. The predicted octanol–water partition coefficient (Wildman–Crippen LogP) is 4.01. The maximum atomic E-state index is 13.6. The van der Waals surface area contributed by atoms with Gasteiger partial charge in [-0.25, -0.2) is 20.0 Å². The molecule has 2 bridgehead atoms. The molecule has 8 nitrogen and oxygen atoms in total. The van der Waals surface area contributed by atoms with Gasteiger partial charge in [-0.15, -0.1) is 0 Å². The Balaban J connectivity index is 1.81. The molecule has 0 saturated heterocycles. The molecule has 4 aliphatic rings. The highest BCUT2D eigenvalue weighted by molar-refractivity contribution is 6.69. The fourth-order valence-electron chi connectivity index (χ4n) is 6.55. The quantitative estimate of drug-likeness (QED) is 0.409. The normalized spacial score (nSPS) is 20.8. The minimum absolute atomic E-state index is 0.169. The van der Waals surface area contributed by atoms with Crippen molar-refractivity contribution in [2.45, 2.75) is 99.3 Å². The third kappa shape index (κ3) is 3.36. The molecule has 0 fully saturated rings. The minimum atomic E-state index is -3.86. The number of rotatable bonds is 0. The average Bonchev–Trinajstić information content (AvgIpc) is 3.54. The average molecular weight is 568 g/mol. The second-order valence-corrected chi connectivity index (χ2v) is 18.6. The van der Waals surface area contributed by atoms with Crippen LogP contribution in [0.2, 0.25) is 0 Å². The molecule has 1 atom stereocenters. The number of amidine groups is 1. The van der Waals surface area contributed by atoms with Crippen LogP contribution in [0.25, 0.3) is 5.70 Å². The molecule has 0 radical (unpaired) electrons. The number of hydrogen-bond acceptors (Lipinski definition) is 5. The van der Waals surface area contributed by atoms with Crippen LogP contribution in [0.5, 0.6) is 0 Å². The first-order valence-electron chi connectivity index (χ1n) is 14.6. The molecule has 1 unspecified atom stereocenters. The van der Waals surface area contributed by atoms with Gasteiger partial charge in [0.05, 0.1) is 11.0 Å². The van der Waals surface area contributed by atoms with E-state index in [0.717, 1.165) is 55.9 Å². The van der Waals surface area contributed by atoms with Crippen LogP contribution in [0, 0.1) is 5.41 Å². The Kier molecular flexibility index (Phi) is 4.77. The van der Waals surface area contributed by atoms with E-state index in [1.54, 1.807) is 0 Å². The number of aromatic nitrogens is 3. The maximum Gasteiger partial charge on any atom is 0.562 e. The first-order chi connectivity index (χ1) is 18.7. The number of aliphatic imine (C=N–C) groups is 1. The van der Waals surface area contributed by atoms with Crippen molar-refractivity contribution in [2.24, 2.45) is 25.4 Å². The SMILES string of the molecule is CC(C)(C)C1=CC2=c3c(C(C)(C)C)cc4n3[Si]3(O)n5c(cc(C(C)(C)C)c5N=4)N=c4c(C(C)(C)C)cc(n43)=NC1=N2. The van der Waals surface area contributed by atoms with Crippen LogP contribution in [-0.2, 0) is 16.2 Å². The topological polar surface area (TPSA) is 84.5 Å². The lowest BCUT2D eigenvalue weighted by Gasteiger charge is -2.35. The highest BCUT2D eigenvalue weighted by Crippen LogP contribution is 2.42. The Bertz CT molecular complexity index is 2040. The Morgan fingerprint density at radius 3 is 1.78 bits per heavy atom. The molecule has 0 spiro atoms. The molecular formula is C32H41N7OSi. The summed E-state index contributed by atoms with van der Waals surface area (Å²) in [5.74, 6) is 2.23. The van der Waals surface area contributed by atoms with Gasteiger partial charge >= 0.3 is 8.80 Å². The van der Waals surface area contributed by atoms with Crippen molar-refractivity contribution in [3.63, 3.8) is 0 Å². The minimum Gasteiger partial charge on any atom is -0.382 e. The monoisotopic (exact) mass is 567 g/mol. The fourth-order valence-corrected chi connectivity index (χ4v) is 9.86. The Morgan fingerprint density at radius 1 is 0.610 bits per heavy atom. The summed E-state index contributed by atoms with van der Waals surface area (Å²) < 4.78 is 6.20. The smallest absolute Gasteiger partial charge is 0.382 e. The van der Waals surface area contributed by atoms with Gasteiger partial charge in [0.25, 0.3) is 0 Å². The zero-order chi connectivity index (χ0) is 29.8. The highest BCUT2D eigenvalue weighted by atomic mass is 28.4. The van der Waals surface area contributed by atoms with Crippen molar-refractivity contribution >= 4 is 32.0 Å². The largest absolute Gasteiger partial charge is 0.562 e. The molecule has 7 rings (SSSR count). The summed E-state index contributed by atoms with van der Waals surface area (Å²) in [6, 6.07) is 6.42. The van der Waals surface area contributed by atoms with Crippen LogP contribution < -0.4 is 21.8 Å². The van der Waals surface area contributed by atoms with Crippen molar-refractivity contribution < 1.29 is 4.80 Å². The van der Waals surface area contributed by atoms with Gasteiger partial charge in [0.2, 0.25) is 0 Å². The van der Waals surface area contributed by atoms with Crippen LogP contribution in [-0.4, -0.2) is 32.1 Å². The molecule has 0 aromatic carbocycles. The molecule has 41 heavy (non-hydrogen) atoms. The molecule has 0 amide bonds. The summed E-state index contributed by atoms with van der Waals surface area (Å²) in [5, 5.41) is 0.923. The van der Waals surface area contributed by atoms with Gasteiger partial charge < -0.3 is 4.80 Å². The Morgan fingerprint density at radius 2 is 1.20 bits per heavy atom. The van der Waals surface area contributed by atoms with E-state index in [1.807, 2.05) is 4.23 Å². The molecule has 7 heterocycles. The number of hydrogen-bond donors (Lipinski definition) is 1. The second-order valence-electron chi connectivity index (χ2n) is 16.1. The van der Waals surface area contributed by atoms with E-state index < -0.39 is 8.80 Å². The van der Waals surface area contributed by atoms with Gasteiger partial charge in [0.1, 0.15) is 28.1 Å². The van der Waals surface area contributed by atoms with E-state index in [0.29, 0.717) is 11.3 Å². The van der Waals surface area contributed by atoms with Gasteiger partial charge in [-0.2, -0.15) is 0 Å². The van der Waals surface area contributed by atoms with Gasteiger partial charge in [-0.05, 0) is 51.5 Å². The summed E-state index contributed by atoms with van der Waals surface area (Å²) in [6.07, 6.45) is 2.18. The van der Waals surface area contributed by atoms with Crippen LogP contribution in [0.1, 0.15) is 99.8 Å². The zero-order valence-electron chi connectivity index (χ0n) is 26.4. The Labute approximate surface area is 242 Å². The first-order valence-corrected chi connectivity index (χ1v) is 16.4. The highest BCUT2D eigenvalue weighted by Gasteiger charge is 2.54.